The van der Waals surface area contributed by atoms with Crippen LogP contribution in [0.5, 0.6) is 5.75 Å². The summed E-state index contributed by atoms with van der Waals surface area (Å²) in [7, 11) is 0. The summed E-state index contributed by atoms with van der Waals surface area (Å²) in [6.07, 6.45) is 0. The lowest BCUT2D eigenvalue weighted by Crippen LogP contribution is -2.20. The van der Waals surface area contributed by atoms with E-state index in [0.29, 0.717) is 5.56 Å². The van der Waals surface area contributed by atoms with E-state index in [1.807, 2.05) is 19.1 Å². The average molecular weight is 361 g/mol. The number of primary amides is 1. The second-order valence-corrected chi connectivity index (χ2v) is 5.41. The summed E-state index contributed by atoms with van der Waals surface area (Å²) in [6.45, 7) is 1.40. The van der Waals surface area contributed by atoms with Gasteiger partial charge in [-0.3, -0.25) is 4.79 Å². The quantitative estimate of drug-likeness (QED) is 0.751. The highest BCUT2D eigenvalue weighted by atomic mass is 19.1. The summed E-state index contributed by atoms with van der Waals surface area (Å²) in [4.78, 5) is 23.0. The Morgan fingerprint density at radius 2 is 1.92 bits per heavy atom. The molecule has 3 aromatic rings. The van der Waals surface area contributed by atoms with Crippen LogP contribution in [0.4, 0.5) is 8.78 Å². The lowest BCUT2D eigenvalue weighted by Gasteiger charge is -2.08. The number of hydrogen-bond donors (Lipinski definition) is 1. The highest BCUT2D eigenvalue weighted by Gasteiger charge is 2.20. The fourth-order valence-electron chi connectivity index (χ4n) is 2.20. The molecule has 0 fully saturated rings. The van der Waals surface area contributed by atoms with Gasteiger partial charge in [0, 0.05) is 5.56 Å². The van der Waals surface area contributed by atoms with Crippen molar-refractivity contribution in [2.75, 3.05) is 0 Å². The molecule has 0 spiro atoms. The first-order valence-corrected chi connectivity index (χ1v) is 7.42. The molecule has 0 bridgehead atoms. The number of ether oxygens (including phenoxy) is 1. The second kappa shape index (κ2) is 6.79. The number of halogens is 2. The highest BCUT2D eigenvalue weighted by Crippen LogP contribution is 2.23. The minimum absolute atomic E-state index is 0.0657. The molecule has 134 valence electrons. The maximum atomic E-state index is 14.1. The Hall–Kier alpha value is -3.49. The van der Waals surface area contributed by atoms with E-state index < -0.39 is 41.3 Å². The molecule has 1 amide bonds. The van der Waals surface area contributed by atoms with Gasteiger partial charge < -0.3 is 14.9 Å². The Kier molecular flexibility index (Phi) is 4.53. The molecule has 0 unspecified atom stereocenters. The second-order valence-electron chi connectivity index (χ2n) is 5.41. The van der Waals surface area contributed by atoms with E-state index >= 15 is 0 Å². The standard InChI is InChI=1S/C17H13F2N3O4/c1-9-2-4-10(5-3-9)16-21-22(17(24)26-16)8-25-12-7-6-11(18)13(14(12)19)15(20)23/h2-7H,8H2,1H3,(H2,20,23). The third kappa shape index (κ3) is 3.32. The molecule has 1 aromatic heterocycles. The number of carbonyl (C=O) groups is 1. The smallest absolute Gasteiger partial charge is 0.440 e. The van der Waals surface area contributed by atoms with Crippen LogP contribution in [-0.2, 0) is 6.73 Å². The molecule has 0 saturated heterocycles. The van der Waals surface area contributed by atoms with E-state index in [0.717, 1.165) is 22.4 Å². The van der Waals surface area contributed by atoms with Gasteiger partial charge in [0.1, 0.15) is 11.4 Å². The maximum absolute atomic E-state index is 14.1. The molecule has 3 rings (SSSR count). The van der Waals surface area contributed by atoms with Gasteiger partial charge in [0.25, 0.3) is 5.91 Å². The number of nitrogens with two attached hydrogens (primary N) is 1. The molecular formula is C17H13F2N3O4. The summed E-state index contributed by atoms with van der Waals surface area (Å²) in [6, 6.07) is 8.91. The molecule has 0 aliphatic heterocycles. The molecule has 1 heterocycles. The van der Waals surface area contributed by atoms with Crippen molar-refractivity contribution >= 4 is 5.91 Å². The molecule has 7 nitrogen and oxygen atoms in total. The van der Waals surface area contributed by atoms with Crippen LogP contribution >= 0.6 is 0 Å². The van der Waals surface area contributed by atoms with Gasteiger partial charge in [-0.1, -0.05) is 17.7 Å². The number of aromatic nitrogens is 2. The molecule has 2 N–H and O–H groups in total. The van der Waals surface area contributed by atoms with Crippen molar-refractivity contribution in [1.82, 2.24) is 9.78 Å². The van der Waals surface area contributed by atoms with E-state index in [1.54, 1.807) is 12.1 Å². The number of rotatable bonds is 5. The summed E-state index contributed by atoms with van der Waals surface area (Å²) < 4.78 is 38.5. The van der Waals surface area contributed by atoms with Crippen LogP contribution in [0.25, 0.3) is 11.5 Å². The van der Waals surface area contributed by atoms with Crippen molar-refractivity contribution in [2.24, 2.45) is 5.73 Å². The zero-order chi connectivity index (χ0) is 18.8. The zero-order valence-corrected chi connectivity index (χ0v) is 13.5. The van der Waals surface area contributed by atoms with Crippen LogP contribution in [0, 0.1) is 18.6 Å². The first kappa shape index (κ1) is 17.3. The Bertz CT molecular complexity index is 1030. The van der Waals surface area contributed by atoms with Crippen LogP contribution in [0.1, 0.15) is 15.9 Å². The van der Waals surface area contributed by atoms with Crippen LogP contribution < -0.4 is 16.2 Å². The van der Waals surface area contributed by atoms with Crippen LogP contribution in [0.2, 0.25) is 0 Å². The number of nitrogens with zero attached hydrogens (tertiary/aromatic N) is 2. The molecule has 26 heavy (non-hydrogen) atoms. The molecule has 0 atom stereocenters. The van der Waals surface area contributed by atoms with E-state index in [2.05, 4.69) is 5.10 Å². The summed E-state index contributed by atoms with van der Waals surface area (Å²) in [5, 5.41) is 3.95. The highest BCUT2D eigenvalue weighted by molar-refractivity contribution is 5.93. The predicted molar refractivity (Wildman–Crippen MR) is 86.4 cm³/mol. The normalized spacial score (nSPS) is 10.7. The summed E-state index contributed by atoms with van der Waals surface area (Å²) in [5.41, 5.74) is 5.62. The fraction of sp³-hybridized carbons (Fsp3) is 0.118. The molecule has 0 aliphatic rings. The monoisotopic (exact) mass is 361 g/mol. The first-order valence-electron chi connectivity index (χ1n) is 7.42. The van der Waals surface area contributed by atoms with Gasteiger partial charge in [-0.25, -0.2) is 13.6 Å². The third-order valence-corrected chi connectivity index (χ3v) is 3.55. The van der Waals surface area contributed by atoms with Crippen molar-refractivity contribution in [2.45, 2.75) is 13.7 Å². The van der Waals surface area contributed by atoms with Crippen molar-refractivity contribution in [3.63, 3.8) is 0 Å². The lowest BCUT2D eigenvalue weighted by atomic mass is 10.1. The number of benzene rings is 2. The Morgan fingerprint density at radius 3 is 2.58 bits per heavy atom. The molecule has 0 radical (unpaired) electrons. The Labute approximate surface area is 145 Å². The molecule has 0 aliphatic carbocycles. The van der Waals surface area contributed by atoms with Crippen LogP contribution in [0.3, 0.4) is 0 Å². The van der Waals surface area contributed by atoms with Gasteiger partial charge >= 0.3 is 5.76 Å². The average Bonchev–Trinajstić information content (AvgIpc) is 2.95. The maximum Gasteiger partial charge on any atom is 0.440 e. The number of carbonyl (C=O) groups excluding carboxylic acids is 1. The van der Waals surface area contributed by atoms with E-state index in [4.69, 9.17) is 14.9 Å². The minimum Gasteiger partial charge on any atom is -0.468 e. The largest absolute Gasteiger partial charge is 0.468 e. The van der Waals surface area contributed by atoms with E-state index in [-0.39, 0.29) is 5.89 Å². The Morgan fingerprint density at radius 1 is 1.23 bits per heavy atom. The van der Waals surface area contributed by atoms with Gasteiger partial charge in [-0.2, -0.15) is 4.68 Å². The molecule has 9 heteroatoms. The third-order valence-electron chi connectivity index (χ3n) is 3.55. The van der Waals surface area contributed by atoms with Crippen molar-refractivity contribution in [1.29, 1.82) is 0 Å². The number of aryl methyl sites for hydroxylation is 1. The Balaban J connectivity index is 1.83. The molecule has 0 saturated carbocycles. The molecule has 2 aromatic carbocycles. The topological polar surface area (TPSA) is 100 Å². The van der Waals surface area contributed by atoms with Crippen LogP contribution in [-0.4, -0.2) is 15.7 Å². The van der Waals surface area contributed by atoms with Gasteiger partial charge in [0.15, 0.2) is 18.3 Å². The van der Waals surface area contributed by atoms with Gasteiger partial charge in [0.05, 0.1) is 0 Å². The SMILES string of the molecule is Cc1ccc(-c2nn(COc3ccc(F)c(C(N)=O)c3F)c(=O)o2)cc1. The van der Waals surface area contributed by atoms with Crippen molar-refractivity contribution < 1.29 is 22.7 Å². The summed E-state index contributed by atoms with van der Waals surface area (Å²) in [5.74, 6) is -4.85. The van der Waals surface area contributed by atoms with E-state index in [9.17, 15) is 18.4 Å². The van der Waals surface area contributed by atoms with Crippen molar-refractivity contribution in [3.8, 4) is 17.2 Å². The van der Waals surface area contributed by atoms with Gasteiger partial charge in [0.2, 0.25) is 5.89 Å². The van der Waals surface area contributed by atoms with Gasteiger partial charge in [-0.15, -0.1) is 5.10 Å². The fourth-order valence-corrected chi connectivity index (χ4v) is 2.20. The van der Waals surface area contributed by atoms with E-state index in [1.165, 1.54) is 0 Å². The van der Waals surface area contributed by atoms with Crippen LogP contribution in [0.15, 0.2) is 45.6 Å². The lowest BCUT2D eigenvalue weighted by molar-refractivity contribution is 0.0990. The minimum atomic E-state index is -1.27. The predicted octanol–water partition coefficient (Wildman–Crippen LogP) is 2.23. The number of amides is 1. The first-order chi connectivity index (χ1) is 12.4. The zero-order valence-electron chi connectivity index (χ0n) is 13.5. The summed E-state index contributed by atoms with van der Waals surface area (Å²) >= 11 is 0. The van der Waals surface area contributed by atoms with Gasteiger partial charge in [-0.05, 0) is 31.2 Å². The molecular weight excluding hydrogens is 348 g/mol. The van der Waals surface area contributed by atoms with Crippen molar-refractivity contribution in [3.05, 3.63) is 69.7 Å². The number of hydrogen-bond acceptors (Lipinski definition) is 5.